The van der Waals surface area contributed by atoms with E-state index < -0.39 is 0 Å². The van der Waals surface area contributed by atoms with Crippen molar-refractivity contribution in [1.29, 1.82) is 0 Å². The number of benzene rings is 1. The molecule has 2 atom stereocenters. The maximum atomic E-state index is 14.7. The van der Waals surface area contributed by atoms with Gasteiger partial charge in [-0.15, -0.1) is 0 Å². The fourth-order valence-electron chi connectivity index (χ4n) is 3.71. The Kier molecular flexibility index (Phi) is 5.59. The molecule has 2 fully saturated rings. The zero-order valence-electron chi connectivity index (χ0n) is 15.5. The minimum Gasteiger partial charge on any atom is -0.367 e. The van der Waals surface area contributed by atoms with E-state index in [4.69, 9.17) is 0 Å². The molecule has 2 aliphatic rings. The van der Waals surface area contributed by atoms with Crippen molar-refractivity contribution in [3.05, 3.63) is 29.6 Å². The number of carbonyl (C=O) groups excluding carboxylic acids is 1. The van der Waals surface area contributed by atoms with Crippen LogP contribution in [0.2, 0.25) is 0 Å². The number of halogens is 1. The first-order valence-electron chi connectivity index (χ1n) is 9.32. The average Bonchev–Trinajstić information content (AvgIpc) is 2.63. The van der Waals surface area contributed by atoms with Crippen LogP contribution in [0.4, 0.5) is 10.1 Å². The van der Waals surface area contributed by atoms with Gasteiger partial charge in [-0.25, -0.2) is 4.39 Å². The standard InChI is InChI=1S/C19H29FN4O/c1-4-22-9-11-23(12-10-22)18-6-5-16(13-17(18)20)19(25)24-8-7-21-14(2)15(24)3/h5-6,13-15,21H,4,7-12H2,1-3H3. The average molecular weight is 348 g/mol. The quantitative estimate of drug-likeness (QED) is 0.904. The topological polar surface area (TPSA) is 38.8 Å². The lowest BCUT2D eigenvalue weighted by Gasteiger charge is -2.39. The summed E-state index contributed by atoms with van der Waals surface area (Å²) in [6, 6.07) is 5.29. The fourth-order valence-corrected chi connectivity index (χ4v) is 3.71. The Balaban J connectivity index is 1.72. The number of anilines is 1. The van der Waals surface area contributed by atoms with E-state index in [0.717, 1.165) is 39.3 Å². The molecule has 0 bridgehead atoms. The van der Waals surface area contributed by atoms with Gasteiger partial charge in [-0.05, 0) is 38.6 Å². The van der Waals surface area contributed by atoms with E-state index in [1.54, 1.807) is 12.1 Å². The number of hydrogen-bond donors (Lipinski definition) is 1. The molecule has 0 radical (unpaired) electrons. The predicted molar refractivity (Wildman–Crippen MR) is 98.7 cm³/mol. The van der Waals surface area contributed by atoms with E-state index in [1.165, 1.54) is 6.07 Å². The Morgan fingerprint density at radius 3 is 2.56 bits per heavy atom. The summed E-state index contributed by atoms with van der Waals surface area (Å²) in [5.74, 6) is -0.381. The molecule has 2 heterocycles. The highest BCUT2D eigenvalue weighted by atomic mass is 19.1. The third kappa shape index (κ3) is 3.80. The Morgan fingerprint density at radius 2 is 1.92 bits per heavy atom. The maximum absolute atomic E-state index is 14.7. The molecule has 1 N–H and O–H groups in total. The van der Waals surface area contributed by atoms with Crippen LogP contribution in [0, 0.1) is 5.82 Å². The molecule has 0 aromatic heterocycles. The lowest BCUT2D eigenvalue weighted by atomic mass is 10.0. The van der Waals surface area contributed by atoms with Gasteiger partial charge in [-0.2, -0.15) is 0 Å². The molecule has 2 aliphatic heterocycles. The number of amides is 1. The molecule has 1 aromatic carbocycles. The molecule has 1 aromatic rings. The number of hydrogen-bond acceptors (Lipinski definition) is 4. The molecule has 0 saturated carbocycles. The molecule has 0 spiro atoms. The second kappa shape index (κ2) is 7.70. The summed E-state index contributed by atoms with van der Waals surface area (Å²) in [6.45, 7) is 12.3. The van der Waals surface area contributed by atoms with Gasteiger partial charge in [0.15, 0.2) is 0 Å². The van der Waals surface area contributed by atoms with Crippen molar-refractivity contribution in [3.8, 4) is 0 Å². The summed E-state index contributed by atoms with van der Waals surface area (Å²) in [5.41, 5.74) is 1.04. The summed E-state index contributed by atoms with van der Waals surface area (Å²) in [6.07, 6.45) is 0. The van der Waals surface area contributed by atoms with Crippen molar-refractivity contribution < 1.29 is 9.18 Å². The van der Waals surface area contributed by atoms with Crippen LogP contribution in [-0.2, 0) is 0 Å². The fraction of sp³-hybridized carbons (Fsp3) is 0.632. The minimum absolute atomic E-state index is 0.0814. The number of rotatable bonds is 3. The van der Waals surface area contributed by atoms with Gasteiger partial charge in [-0.1, -0.05) is 6.92 Å². The molecule has 138 valence electrons. The number of carbonyl (C=O) groups is 1. The van der Waals surface area contributed by atoms with Gasteiger partial charge >= 0.3 is 0 Å². The van der Waals surface area contributed by atoms with Crippen LogP contribution in [0.1, 0.15) is 31.1 Å². The zero-order chi connectivity index (χ0) is 18.0. The van der Waals surface area contributed by atoms with Crippen molar-refractivity contribution in [1.82, 2.24) is 15.1 Å². The lowest BCUT2D eigenvalue weighted by Crippen LogP contribution is -2.57. The van der Waals surface area contributed by atoms with E-state index in [2.05, 4.69) is 29.0 Å². The molecule has 1 amide bonds. The molecule has 6 heteroatoms. The van der Waals surface area contributed by atoms with Gasteiger partial charge < -0.3 is 20.0 Å². The Labute approximate surface area is 149 Å². The molecule has 0 aliphatic carbocycles. The van der Waals surface area contributed by atoms with Crippen LogP contribution < -0.4 is 10.2 Å². The summed E-state index contributed by atoms with van der Waals surface area (Å²) >= 11 is 0. The Hall–Kier alpha value is -1.66. The van der Waals surface area contributed by atoms with Crippen molar-refractivity contribution in [3.63, 3.8) is 0 Å². The second-order valence-electron chi connectivity index (χ2n) is 7.07. The van der Waals surface area contributed by atoms with Gasteiger partial charge in [0, 0.05) is 56.9 Å². The maximum Gasteiger partial charge on any atom is 0.254 e. The molecule has 5 nitrogen and oxygen atoms in total. The van der Waals surface area contributed by atoms with Crippen LogP contribution in [0.5, 0.6) is 0 Å². The first-order chi connectivity index (χ1) is 12.0. The van der Waals surface area contributed by atoms with E-state index >= 15 is 0 Å². The van der Waals surface area contributed by atoms with Gasteiger partial charge in [0.2, 0.25) is 0 Å². The van der Waals surface area contributed by atoms with Crippen molar-refractivity contribution >= 4 is 11.6 Å². The van der Waals surface area contributed by atoms with Crippen LogP contribution >= 0.6 is 0 Å². The second-order valence-corrected chi connectivity index (χ2v) is 7.07. The predicted octanol–water partition coefficient (Wildman–Crippen LogP) is 1.79. The van der Waals surface area contributed by atoms with Crippen molar-refractivity contribution in [2.45, 2.75) is 32.9 Å². The summed E-state index contributed by atoms with van der Waals surface area (Å²) in [5, 5.41) is 3.36. The highest BCUT2D eigenvalue weighted by Crippen LogP contribution is 2.23. The van der Waals surface area contributed by atoms with Gasteiger partial charge in [0.25, 0.3) is 5.91 Å². The van der Waals surface area contributed by atoms with Gasteiger partial charge in [-0.3, -0.25) is 4.79 Å². The lowest BCUT2D eigenvalue weighted by molar-refractivity contribution is 0.0602. The third-order valence-corrected chi connectivity index (χ3v) is 5.65. The normalized spacial score (nSPS) is 25.3. The largest absolute Gasteiger partial charge is 0.367 e. The van der Waals surface area contributed by atoms with Crippen LogP contribution in [0.3, 0.4) is 0 Å². The number of nitrogens with one attached hydrogen (secondary N) is 1. The van der Waals surface area contributed by atoms with Crippen molar-refractivity contribution in [2.24, 2.45) is 0 Å². The zero-order valence-corrected chi connectivity index (χ0v) is 15.5. The Bertz CT molecular complexity index is 615. The SMILES string of the molecule is CCN1CCN(c2ccc(C(=O)N3CCNC(C)C3C)cc2F)CC1. The third-order valence-electron chi connectivity index (χ3n) is 5.65. The van der Waals surface area contributed by atoms with E-state index in [0.29, 0.717) is 17.8 Å². The molecule has 25 heavy (non-hydrogen) atoms. The molecule has 2 unspecified atom stereocenters. The first kappa shape index (κ1) is 18.1. The van der Waals surface area contributed by atoms with Gasteiger partial charge in [0.1, 0.15) is 5.82 Å². The van der Waals surface area contributed by atoms with Crippen LogP contribution in [-0.4, -0.2) is 73.6 Å². The number of likely N-dealkylation sites (N-methyl/N-ethyl adjacent to an activating group) is 1. The summed E-state index contributed by atoms with van der Waals surface area (Å²) in [7, 11) is 0. The summed E-state index contributed by atoms with van der Waals surface area (Å²) in [4.78, 5) is 19.1. The minimum atomic E-state index is -0.299. The molecule has 3 rings (SSSR count). The van der Waals surface area contributed by atoms with E-state index in [-0.39, 0.29) is 23.8 Å². The van der Waals surface area contributed by atoms with E-state index in [1.807, 2.05) is 11.8 Å². The molecular formula is C19H29FN4O. The summed E-state index contributed by atoms with van der Waals surface area (Å²) < 4.78 is 14.7. The number of nitrogens with zero attached hydrogens (tertiary/aromatic N) is 3. The monoisotopic (exact) mass is 348 g/mol. The molecular weight excluding hydrogens is 319 g/mol. The highest BCUT2D eigenvalue weighted by Gasteiger charge is 2.29. The smallest absolute Gasteiger partial charge is 0.254 e. The highest BCUT2D eigenvalue weighted by molar-refractivity contribution is 5.95. The van der Waals surface area contributed by atoms with Crippen molar-refractivity contribution in [2.75, 3.05) is 50.7 Å². The molecule has 2 saturated heterocycles. The van der Waals surface area contributed by atoms with E-state index in [9.17, 15) is 9.18 Å². The van der Waals surface area contributed by atoms with Crippen LogP contribution in [0.15, 0.2) is 18.2 Å². The Morgan fingerprint density at radius 1 is 1.20 bits per heavy atom. The van der Waals surface area contributed by atoms with Gasteiger partial charge in [0.05, 0.1) is 5.69 Å². The first-order valence-corrected chi connectivity index (χ1v) is 9.32. The number of piperazine rings is 2. The van der Waals surface area contributed by atoms with Crippen LogP contribution in [0.25, 0.3) is 0 Å².